The van der Waals surface area contributed by atoms with Crippen molar-refractivity contribution in [3.63, 3.8) is 0 Å². The van der Waals surface area contributed by atoms with Crippen molar-refractivity contribution in [1.82, 2.24) is 20.2 Å². The summed E-state index contributed by atoms with van der Waals surface area (Å²) in [4.78, 5) is 23.0. The smallest absolute Gasteiger partial charge is 0.271 e. The molecule has 27 heavy (non-hydrogen) atoms. The predicted molar refractivity (Wildman–Crippen MR) is 102 cm³/mol. The van der Waals surface area contributed by atoms with E-state index in [1.807, 2.05) is 12.1 Å². The Morgan fingerprint density at radius 2 is 2.00 bits per heavy atom. The molecule has 0 bridgehead atoms. The number of rotatable bonds is 5. The zero-order valence-electron chi connectivity index (χ0n) is 15.7. The molecule has 1 aromatic heterocycles. The van der Waals surface area contributed by atoms with Crippen molar-refractivity contribution in [1.29, 1.82) is 0 Å². The van der Waals surface area contributed by atoms with Gasteiger partial charge in [-0.2, -0.15) is 0 Å². The molecule has 2 aliphatic rings. The van der Waals surface area contributed by atoms with E-state index in [1.54, 1.807) is 19.5 Å². The average Bonchev–Trinajstić information content (AvgIpc) is 2.73. The van der Waals surface area contributed by atoms with Gasteiger partial charge in [0.05, 0.1) is 13.3 Å². The van der Waals surface area contributed by atoms with E-state index in [-0.39, 0.29) is 17.4 Å². The van der Waals surface area contributed by atoms with E-state index in [0.717, 1.165) is 44.6 Å². The summed E-state index contributed by atoms with van der Waals surface area (Å²) in [7, 11) is 1.69. The van der Waals surface area contributed by atoms with E-state index < -0.39 is 0 Å². The minimum Gasteiger partial charge on any atom is -0.497 e. The Morgan fingerprint density at radius 3 is 2.59 bits per heavy atom. The minimum atomic E-state index is -0.104. The molecule has 1 atom stereocenters. The third kappa shape index (κ3) is 3.81. The lowest BCUT2D eigenvalue weighted by Gasteiger charge is -2.54. The highest BCUT2D eigenvalue weighted by Gasteiger charge is 2.48. The summed E-state index contributed by atoms with van der Waals surface area (Å²) in [6.07, 6.45) is 9.20. The van der Waals surface area contributed by atoms with Crippen LogP contribution in [0, 0.1) is 5.41 Å². The molecule has 6 heteroatoms. The third-order valence-electron chi connectivity index (χ3n) is 6.19. The molecule has 1 spiro atoms. The maximum absolute atomic E-state index is 12.4. The van der Waals surface area contributed by atoms with Crippen molar-refractivity contribution in [3.8, 4) is 5.75 Å². The third-order valence-corrected chi connectivity index (χ3v) is 6.19. The second-order valence-electron chi connectivity index (χ2n) is 7.64. The fourth-order valence-corrected chi connectivity index (χ4v) is 4.31. The lowest BCUT2D eigenvalue weighted by Crippen LogP contribution is -2.59. The molecule has 142 valence electrons. The number of hydrogen-bond donors (Lipinski definition) is 1. The van der Waals surface area contributed by atoms with Gasteiger partial charge in [0.1, 0.15) is 11.4 Å². The first-order valence-corrected chi connectivity index (χ1v) is 9.61. The number of piperidine rings is 1. The van der Waals surface area contributed by atoms with Crippen LogP contribution in [0.2, 0.25) is 0 Å². The molecule has 1 saturated carbocycles. The van der Waals surface area contributed by atoms with E-state index in [2.05, 4.69) is 32.3 Å². The van der Waals surface area contributed by atoms with Crippen molar-refractivity contribution in [2.45, 2.75) is 38.3 Å². The van der Waals surface area contributed by atoms with Gasteiger partial charge in [0, 0.05) is 25.0 Å². The van der Waals surface area contributed by atoms with Crippen LogP contribution in [0.5, 0.6) is 5.75 Å². The van der Waals surface area contributed by atoms with E-state index in [1.165, 1.54) is 18.2 Å². The second kappa shape index (κ2) is 7.64. The fraction of sp³-hybridized carbons (Fsp3) is 0.476. The van der Waals surface area contributed by atoms with E-state index >= 15 is 0 Å². The summed E-state index contributed by atoms with van der Waals surface area (Å²) in [5.74, 6) is 0.792. The van der Waals surface area contributed by atoms with Crippen molar-refractivity contribution in [3.05, 3.63) is 54.1 Å². The number of benzene rings is 1. The number of carbonyl (C=O) groups is 1. The lowest BCUT2D eigenvalue weighted by atomic mass is 9.59. The molecule has 1 aliphatic heterocycles. The quantitative estimate of drug-likeness (QED) is 0.881. The molecule has 6 nitrogen and oxygen atoms in total. The number of likely N-dealkylation sites (tertiary alicyclic amines) is 1. The summed E-state index contributed by atoms with van der Waals surface area (Å²) < 4.78 is 5.23. The Hall–Kier alpha value is -2.47. The first-order valence-electron chi connectivity index (χ1n) is 9.61. The highest BCUT2D eigenvalue weighted by molar-refractivity contribution is 5.92. The van der Waals surface area contributed by atoms with Gasteiger partial charge in [0.25, 0.3) is 5.91 Å². The lowest BCUT2D eigenvalue weighted by molar-refractivity contribution is -0.00719. The molecule has 2 aromatic rings. The largest absolute Gasteiger partial charge is 0.497 e. The highest BCUT2D eigenvalue weighted by Crippen LogP contribution is 2.49. The van der Waals surface area contributed by atoms with Crippen LogP contribution in [0.25, 0.3) is 0 Å². The number of aromatic nitrogens is 2. The molecule has 1 N–H and O–H groups in total. The highest BCUT2D eigenvalue weighted by atomic mass is 16.5. The van der Waals surface area contributed by atoms with Crippen LogP contribution in [-0.4, -0.2) is 47.0 Å². The molecule has 2 fully saturated rings. The zero-order chi connectivity index (χ0) is 18.7. The van der Waals surface area contributed by atoms with Gasteiger partial charge in [0.2, 0.25) is 0 Å². The predicted octanol–water partition coefficient (Wildman–Crippen LogP) is 2.66. The van der Waals surface area contributed by atoms with Crippen molar-refractivity contribution < 1.29 is 9.53 Å². The summed E-state index contributed by atoms with van der Waals surface area (Å²) >= 11 is 0. The van der Waals surface area contributed by atoms with Gasteiger partial charge in [-0.1, -0.05) is 12.1 Å². The van der Waals surface area contributed by atoms with Crippen molar-refractivity contribution >= 4 is 5.91 Å². The Morgan fingerprint density at radius 1 is 1.22 bits per heavy atom. The Labute approximate surface area is 160 Å². The van der Waals surface area contributed by atoms with Crippen LogP contribution in [0.15, 0.2) is 42.9 Å². The number of ether oxygens (including phenoxy) is 1. The first kappa shape index (κ1) is 17.9. The molecule has 1 amide bonds. The van der Waals surface area contributed by atoms with E-state index in [4.69, 9.17) is 4.74 Å². The molecule has 1 aromatic carbocycles. The summed E-state index contributed by atoms with van der Waals surface area (Å²) in [5, 5.41) is 3.20. The number of nitrogens with zero attached hydrogens (tertiary/aromatic N) is 3. The van der Waals surface area contributed by atoms with Crippen molar-refractivity contribution in [2.24, 2.45) is 5.41 Å². The molecule has 4 rings (SSSR count). The molecule has 2 heterocycles. The van der Waals surface area contributed by atoms with Gasteiger partial charge >= 0.3 is 0 Å². The molecule has 0 radical (unpaired) electrons. The first-order chi connectivity index (χ1) is 13.2. The average molecular weight is 366 g/mol. The van der Waals surface area contributed by atoms with Crippen molar-refractivity contribution in [2.75, 3.05) is 20.2 Å². The molecular formula is C21H26N4O2. The molecule has 1 aliphatic carbocycles. The SMILES string of the molecule is COc1ccc(CN2CCC3(CCC3NC(=O)c3cnccn3)CC2)cc1. The summed E-state index contributed by atoms with van der Waals surface area (Å²) in [5.41, 5.74) is 1.97. The standard InChI is InChI=1S/C21H26N4O2/c1-27-17-4-2-16(3-5-17)15-25-12-8-21(9-13-25)7-6-19(21)24-20(26)18-14-22-10-11-23-18/h2-5,10-11,14,19H,6-9,12-13,15H2,1H3,(H,24,26). The minimum absolute atomic E-state index is 0.104. The Balaban J connectivity index is 1.30. The van der Waals surface area contributed by atoms with Crippen LogP contribution in [0.3, 0.4) is 0 Å². The van der Waals surface area contributed by atoms with Crippen LogP contribution in [-0.2, 0) is 6.54 Å². The molecule has 1 saturated heterocycles. The number of amides is 1. The van der Waals surface area contributed by atoms with Gasteiger partial charge in [-0.3, -0.25) is 14.7 Å². The Bertz CT molecular complexity index is 771. The monoisotopic (exact) mass is 366 g/mol. The van der Waals surface area contributed by atoms with Gasteiger partial charge in [-0.25, -0.2) is 4.98 Å². The normalized spacial score (nSPS) is 21.4. The van der Waals surface area contributed by atoms with Crippen LogP contribution >= 0.6 is 0 Å². The van der Waals surface area contributed by atoms with Gasteiger partial charge < -0.3 is 10.1 Å². The van der Waals surface area contributed by atoms with E-state index in [0.29, 0.717) is 5.69 Å². The maximum Gasteiger partial charge on any atom is 0.271 e. The topological polar surface area (TPSA) is 67.3 Å². The summed E-state index contributed by atoms with van der Waals surface area (Å²) in [6, 6.07) is 8.57. The Kier molecular flexibility index (Phi) is 5.07. The van der Waals surface area contributed by atoms with Crippen LogP contribution in [0.1, 0.15) is 41.7 Å². The fourth-order valence-electron chi connectivity index (χ4n) is 4.31. The van der Waals surface area contributed by atoms with Gasteiger partial charge in [-0.15, -0.1) is 0 Å². The van der Waals surface area contributed by atoms with Crippen LogP contribution in [0.4, 0.5) is 0 Å². The number of carbonyl (C=O) groups excluding carboxylic acids is 1. The zero-order valence-corrected chi connectivity index (χ0v) is 15.7. The molecule has 1 unspecified atom stereocenters. The number of nitrogens with one attached hydrogen (secondary N) is 1. The van der Waals surface area contributed by atoms with Gasteiger partial charge in [0.15, 0.2) is 0 Å². The maximum atomic E-state index is 12.4. The second-order valence-corrected chi connectivity index (χ2v) is 7.64. The number of hydrogen-bond acceptors (Lipinski definition) is 5. The van der Waals surface area contributed by atoms with Crippen LogP contribution < -0.4 is 10.1 Å². The molecular weight excluding hydrogens is 340 g/mol. The number of methoxy groups -OCH3 is 1. The van der Waals surface area contributed by atoms with E-state index in [9.17, 15) is 4.79 Å². The summed E-state index contributed by atoms with van der Waals surface area (Å²) in [6.45, 7) is 3.11. The van der Waals surface area contributed by atoms with Gasteiger partial charge in [-0.05, 0) is 61.9 Å².